The van der Waals surface area contributed by atoms with Crippen molar-refractivity contribution in [1.82, 2.24) is 0 Å². The van der Waals surface area contributed by atoms with Crippen LogP contribution in [0.4, 0.5) is 0 Å². The summed E-state index contributed by atoms with van der Waals surface area (Å²) in [6.45, 7) is 2.18. The van der Waals surface area contributed by atoms with Crippen molar-refractivity contribution in [2.45, 2.75) is 13.5 Å². The molecule has 1 aliphatic heterocycles. The van der Waals surface area contributed by atoms with Crippen molar-refractivity contribution in [1.29, 1.82) is 0 Å². The number of rotatable bonds is 5. The Balaban J connectivity index is 1.56. The van der Waals surface area contributed by atoms with E-state index in [1.165, 1.54) is 0 Å². The summed E-state index contributed by atoms with van der Waals surface area (Å²) in [6, 6.07) is 16.3. The maximum atomic E-state index is 12.8. The fraction of sp³-hybridized carbons (Fsp3) is 0.125. The predicted molar refractivity (Wildman–Crippen MR) is 118 cm³/mol. The number of hydrogen-bond acceptors (Lipinski definition) is 4. The van der Waals surface area contributed by atoms with Gasteiger partial charge in [0.1, 0.15) is 23.9 Å². The molecule has 0 saturated carbocycles. The third kappa shape index (κ3) is 4.02. The van der Waals surface area contributed by atoms with Crippen LogP contribution in [0.2, 0.25) is 10.0 Å². The first-order chi connectivity index (χ1) is 14.5. The van der Waals surface area contributed by atoms with Gasteiger partial charge < -0.3 is 14.2 Å². The second-order valence-electron chi connectivity index (χ2n) is 6.82. The number of carbonyl (C=O) groups excluding carboxylic acids is 1. The normalized spacial score (nSPS) is 13.9. The van der Waals surface area contributed by atoms with Crippen molar-refractivity contribution in [3.63, 3.8) is 0 Å². The minimum Gasteiger partial charge on any atom is -0.497 e. The van der Waals surface area contributed by atoms with Crippen LogP contribution in [-0.4, -0.2) is 12.9 Å². The highest BCUT2D eigenvalue weighted by atomic mass is 35.5. The quantitative estimate of drug-likeness (QED) is 0.424. The summed E-state index contributed by atoms with van der Waals surface area (Å²) in [6.07, 6.45) is 1.71. The number of hydrogen-bond donors (Lipinski definition) is 0. The van der Waals surface area contributed by atoms with Gasteiger partial charge in [-0.25, -0.2) is 0 Å². The molecule has 0 radical (unpaired) electrons. The number of carbonyl (C=O) groups is 1. The summed E-state index contributed by atoms with van der Waals surface area (Å²) in [7, 11) is 1.60. The van der Waals surface area contributed by atoms with Gasteiger partial charge in [-0.1, -0.05) is 41.4 Å². The molecule has 1 aliphatic rings. The summed E-state index contributed by atoms with van der Waals surface area (Å²) in [4.78, 5) is 12.8. The first kappa shape index (κ1) is 20.3. The lowest BCUT2D eigenvalue weighted by molar-refractivity contribution is 0.101. The van der Waals surface area contributed by atoms with Crippen LogP contribution in [0.1, 0.15) is 27.0 Å². The van der Waals surface area contributed by atoms with Gasteiger partial charge in [0.25, 0.3) is 0 Å². The number of halogens is 2. The maximum absolute atomic E-state index is 12.8. The first-order valence-electron chi connectivity index (χ1n) is 9.25. The monoisotopic (exact) mass is 440 g/mol. The van der Waals surface area contributed by atoms with E-state index in [1.54, 1.807) is 37.5 Å². The second kappa shape index (κ2) is 8.42. The lowest BCUT2D eigenvalue weighted by Crippen LogP contribution is -1.98. The molecular formula is C24H18Cl2O4. The molecule has 0 N–H and O–H groups in total. The molecule has 0 fully saturated rings. The van der Waals surface area contributed by atoms with E-state index in [0.717, 1.165) is 16.7 Å². The van der Waals surface area contributed by atoms with Crippen LogP contribution < -0.4 is 14.2 Å². The van der Waals surface area contributed by atoms with E-state index in [4.69, 9.17) is 37.4 Å². The van der Waals surface area contributed by atoms with Crippen molar-refractivity contribution >= 4 is 35.1 Å². The molecule has 1 heterocycles. The van der Waals surface area contributed by atoms with E-state index in [1.807, 2.05) is 37.3 Å². The van der Waals surface area contributed by atoms with Gasteiger partial charge in [-0.3, -0.25) is 4.79 Å². The van der Waals surface area contributed by atoms with Crippen LogP contribution in [0.25, 0.3) is 6.08 Å². The van der Waals surface area contributed by atoms with Crippen LogP contribution in [0, 0.1) is 6.92 Å². The van der Waals surface area contributed by atoms with E-state index in [0.29, 0.717) is 39.5 Å². The van der Waals surface area contributed by atoms with Crippen molar-refractivity contribution < 1.29 is 19.0 Å². The van der Waals surface area contributed by atoms with Gasteiger partial charge in [0, 0.05) is 5.56 Å². The molecule has 6 heteroatoms. The second-order valence-corrected chi connectivity index (χ2v) is 7.63. The van der Waals surface area contributed by atoms with Gasteiger partial charge in [-0.2, -0.15) is 0 Å². The van der Waals surface area contributed by atoms with E-state index in [2.05, 4.69) is 0 Å². The number of Topliss-reactive ketones (excluding diaryl/α,β-unsaturated/α-hetero) is 1. The summed E-state index contributed by atoms with van der Waals surface area (Å²) in [5, 5.41) is 0.973. The zero-order chi connectivity index (χ0) is 21.3. The highest BCUT2D eigenvalue weighted by Gasteiger charge is 2.30. The summed E-state index contributed by atoms with van der Waals surface area (Å²) >= 11 is 12.0. The molecule has 0 aromatic heterocycles. The number of benzene rings is 3. The molecule has 4 nitrogen and oxygen atoms in total. The topological polar surface area (TPSA) is 44.8 Å². The molecule has 0 amide bonds. The minimum absolute atomic E-state index is 0.160. The SMILES string of the molecule is COc1cccc(/C=C2\Oc3c(ccc(OCc4ccc(Cl)c(Cl)c4)c3C)C2=O)c1. The van der Waals surface area contributed by atoms with E-state index in [-0.39, 0.29) is 11.5 Å². The van der Waals surface area contributed by atoms with Crippen molar-refractivity contribution in [3.8, 4) is 17.2 Å². The standard InChI is InChI=1S/C24H18Cl2O4/c1-14-21(29-13-16-6-8-19(25)20(26)11-16)9-7-18-23(27)22(30-24(14)18)12-15-4-3-5-17(10-15)28-2/h3-12H,13H2,1-2H3/b22-12-. The van der Waals surface area contributed by atoms with Gasteiger partial charge in [0.15, 0.2) is 5.76 Å². The molecule has 0 spiro atoms. The van der Waals surface area contributed by atoms with E-state index in [9.17, 15) is 4.79 Å². The highest BCUT2D eigenvalue weighted by Crippen LogP contribution is 2.39. The van der Waals surface area contributed by atoms with Crippen molar-refractivity contribution in [2.24, 2.45) is 0 Å². The Bertz CT molecular complexity index is 1170. The Labute approximate surface area is 184 Å². The minimum atomic E-state index is -0.160. The van der Waals surface area contributed by atoms with Crippen LogP contribution in [0.15, 0.2) is 60.4 Å². The zero-order valence-electron chi connectivity index (χ0n) is 16.4. The molecule has 30 heavy (non-hydrogen) atoms. The molecule has 0 unspecified atom stereocenters. The molecule has 152 valence electrons. The molecule has 0 atom stereocenters. The van der Waals surface area contributed by atoms with E-state index >= 15 is 0 Å². The van der Waals surface area contributed by atoms with Crippen LogP contribution in [0.5, 0.6) is 17.2 Å². The molecule has 4 rings (SSSR count). The smallest absolute Gasteiger partial charge is 0.231 e. The van der Waals surface area contributed by atoms with Crippen LogP contribution in [0.3, 0.4) is 0 Å². The Kier molecular flexibility index (Phi) is 5.71. The summed E-state index contributed by atoms with van der Waals surface area (Å²) in [5.74, 6) is 1.97. The summed E-state index contributed by atoms with van der Waals surface area (Å²) < 4.78 is 17.1. The zero-order valence-corrected chi connectivity index (χ0v) is 17.9. The number of ether oxygens (including phenoxy) is 3. The lowest BCUT2D eigenvalue weighted by Gasteiger charge is -2.12. The Morgan fingerprint density at radius 3 is 2.63 bits per heavy atom. The largest absolute Gasteiger partial charge is 0.497 e. The fourth-order valence-electron chi connectivity index (χ4n) is 3.20. The van der Waals surface area contributed by atoms with Gasteiger partial charge in [0.05, 0.1) is 22.7 Å². The molecular weight excluding hydrogens is 423 g/mol. The molecule has 0 aliphatic carbocycles. The average Bonchev–Trinajstić information content (AvgIpc) is 3.06. The number of allylic oxidation sites excluding steroid dienone is 1. The van der Waals surface area contributed by atoms with Gasteiger partial charge in [-0.15, -0.1) is 0 Å². The summed E-state index contributed by atoms with van der Waals surface area (Å²) in [5.41, 5.74) is 2.98. The van der Waals surface area contributed by atoms with Crippen molar-refractivity contribution in [2.75, 3.05) is 7.11 Å². The van der Waals surface area contributed by atoms with Gasteiger partial charge >= 0.3 is 0 Å². The van der Waals surface area contributed by atoms with Crippen LogP contribution >= 0.6 is 23.2 Å². The van der Waals surface area contributed by atoms with Gasteiger partial charge in [0.2, 0.25) is 5.78 Å². The van der Waals surface area contributed by atoms with Gasteiger partial charge in [-0.05, 0) is 60.5 Å². The molecule has 0 saturated heterocycles. The molecule has 3 aromatic rings. The maximum Gasteiger partial charge on any atom is 0.231 e. The number of ketones is 1. The Morgan fingerprint density at radius 2 is 1.87 bits per heavy atom. The first-order valence-corrected chi connectivity index (χ1v) is 10.0. The predicted octanol–water partition coefficient (Wildman–Crippen LogP) is 6.51. The fourth-order valence-corrected chi connectivity index (χ4v) is 3.52. The molecule has 0 bridgehead atoms. The van der Waals surface area contributed by atoms with E-state index < -0.39 is 0 Å². The highest BCUT2D eigenvalue weighted by molar-refractivity contribution is 6.42. The number of methoxy groups -OCH3 is 1. The Hall–Kier alpha value is -2.95. The Morgan fingerprint density at radius 1 is 1.03 bits per heavy atom. The lowest BCUT2D eigenvalue weighted by atomic mass is 10.1. The third-order valence-corrected chi connectivity index (χ3v) is 5.55. The average molecular weight is 441 g/mol. The molecule has 3 aromatic carbocycles. The van der Waals surface area contributed by atoms with Crippen LogP contribution in [-0.2, 0) is 6.61 Å². The van der Waals surface area contributed by atoms with Crippen molar-refractivity contribution in [3.05, 3.63) is 92.7 Å². The number of fused-ring (bicyclic) bond motifs is 1. The third-order valence-electron chi connectivity index (χ3n) is 4.81.